The fraction of sp³-hybridized carbons (Fsp3) is 0.717. The van der Waals surface area contributed by atoms with Gasteiger partial charge in [0.15, 0.2) is 0 Å². The number of allylic oxidation sites excluding steroid dienone is 3. The highest BCUT2D eigenvalue weighted by molar-refractivity contribution is 6.39. The molecule has 14 atom stereocenters. The average Bonchev–Trinajstić information content (AvgIpc) is 3.33. The van der Waals surface area contributed by atoms with Crippen molar-refractivity contribution >= 4 is 29.4 Å². The van der Waals surface area contributed by atoms with E-state index < -0.39 is 77.8 Å². The lowest BCUT2D eigenvalue weighted by Crippen LogP contribution is -2.64. The van der Waals surface area contributed by atoms with Crippen molar-refractivity contribution in [1.29, 1.82) is 0 Å². The number of fused-ring (bicyclic) bond motifs is 3. The minimum absolute atomic E-state index is 0.0188. The number of likely N-dealkylation sites (N-methyl/N-ethyl adjacent to an activating group) is 1. The van der Waals surface area contributed by atoms with Crippen LogP contribution < -0.4 is 0 Å². The summed E-state index contributed by atoms with van der Waals surface area (Å²) in [7, 11) is 6.43. The molecular weight excluding hydrogens is 873 g/mol. The summed E-state index contributed by atoms with van der Waals surface area (Å²) in [5.41, 5.74) is 2.66. The number of cyclic esters (lactones) is 1. The number of methoxy groups -OCH3 is 3. The molecular formula is C53H80N2O13. The summed E-state index contributed by atoms with van der Waals surface area (Å²) in [5.74, 6) is -7.85. The molecule has 3 heterocycles. The summed E-state index contributed by atoms with van der Waals surface area (Å²) >= 11 is 0. The van der Waals surface area contributed by atoms with E-state index in [1.54, 1.807) is 32.9 Å². The molecule has 4 aliphatic rings. The lowest BCUT2D eigenvalue weighted by atomic mass is 9.81. The number of benzene rings is 1. The third-order valence-electron chi connectivity index (χ3n) is 15.0. The number of aliphatic hydroxyl groups excluding tert-OH is 1. The molecule has 68 heavy (non-hydrogen) atoms. The highest BCUT2D eigenvalue weighted by Crippen LogP contribution is 2.39. The molecule has 2 N–H and O–H groups in total. The summed E-state index contributed by atoms with van der Waals surface area (Å²) < 4.78 is 36.5. The van der Waals surface area contributed by atoms with E-state index in [2.05, 4.69) is 6.92 Å². The van der Waals surface area contributed by atoms with Gasteiger partial charge in [0.1, 0.15) is 30.6 Å². The number of amides is 2. The molecule has 380 valence electrons. The molecule has 15 nitrogen and oxygen atoms in total. The van der Waals surface area contributed by atoms with E-state index in [4.69, 9.17) is 28.4 Å². The summed E-state index contributed by atoms with van der Waals surface area (Å²) in [4.78, 5) is 73.1. The van der Waals surface area contributed by atoms with Crippen LogP contribution in [0.25, 0.3) is 0 Å². The Kier molecular flexibility index (Phi) is 20.5. The van der Waals surface area contributed by atoms with Crippen LogP contribution in [0.2, 0.25) is 0 Å². The average molecular weight is 953 g/mol. The largest absolute Gasteiger partial charge is 0.456 e. The van der Waals surface area contributed by atoms with Gasteiger partial charge in [0.2, 0.25) is 11.7 Å². The van der Waals surface area contributed by atoms with Gasteiger partial charge in [-0.05, 0) is 101 Å². The van der Waals surface area contributed by atoms with E-state index in [9.17, 15) is 34.2 Å². The zero-order valence-electron chi connectivity index (χ0n) is 42.2. The minimum Gasteiger partial charge on any atom is -0.456 e. The standard InChI is InChI=1S/C53H80N2O13/c1-11-39-24-32(2)23-33(3)25-45(64-9)49-46(65-10)27-35(5)53(62,68-49)50(59)51(60)55-22-16-15-19-40(55)52(61)67-48(36(6)41(56)29-42(39)57)34(4)26-38-20-21-43(44(28-38)63-8)66-31-47(58)54(7)30-37-17-13-12-14-18-37/h12-14,17-18,24,26,33,35-36,38-41,43-46,48-49,56,62H,11,15-16,19-23,25,27-31H2,1-10H3/b32-24+,34-26+/t33-,35+,36+,38-,39+,40-,41-,43+,44+,45-,46-,48+,49+,53+/m0/s1. The van der Waals surface area contributed by atoms with Crippen LogP contribution in [0.3, 0.4) is 0 Å². The Hall–Kier alpha value is -3.83. The van der Waals surface area contributed by atoms with Crippen molar-refractivity contribution < 1.29 is 62.6 Å². The normalized spacial score (nSPS) is 36.2. The minimum atomic E-state index is -2.52. The number of carbonyl (C=O) groups excluding carboxylic acids is 5. The lowest BCUT2D eigenvalue weighted by molar-refractivity contribution is -0.302. The Labute approximate surface area is 404 Å². The second-order valence-electron chi connectivity index (χ2n) is 20.2. The van der Waals surface area contributed by atoms with Crippen molar-refractivity contribution in [3.05, 3.63) is 59.2 Å². The number of aliphatic hydroxyl groups is 2. The van der Waals surface area contributed by atoms with Crippen molar-refractivity contribution in [2.75, 3.05) is 41.5 Å². The molecule has 0 radical (unpaired) electrons. The van der Waals surface area contributed by atoms with Gasteiger partial charge in [0, 0.05) is 65.6 Å². The van der Waals surface area contributed by atoms with E-state index in [1.165, 1.54) is 19.1 Å². The molecule has 15 heteroatoms. The maximum absolute atomic E-state index is 14.5. The molecule has 0 spiro atoms. The summed E-state index contributed by atoms with van der Waals surface area (Å²) in [5, 5.41) is 24.0. The van der Waals surface area contributed by atoms with Crippen LogP contribution in [0, 0.1) is 29.6 Å². The van der Waals surface area contributed by atoms with Gasteiger partial charge in [-0.15, -0.1) is 0 Å². The van der Waals surface area contributed by atoms with Crippen molar-refractivity contribution in [3.63, 3.8) is 0 Å². The molecule has 1 aliphatic carbocycles. The van der Waals surface area contributed by atoms with Crippen LogP contribution >= 0.6 is 0 Å². The van der Waals surface area contributed by atoms with Crippen LogP contribution in [0.15, 0.2) is 53.6 Å². The summed E-state index contributed by atoms with van der Waals surface area (Å²) in [6, 6.07) is 8.58. The Balaban J connectivity index is 1.42. The zero-order valence-corrected chi connectivity index (χ0v) is 42.2. The SMILES string of the molecule is CC[C@@H]1/C=C(\C)C[C@H](C)C[C@H](OC)[C@H]2O[C@@](O)(C(=O)C(=O)N3CCCC[C@H]3C(=O)O[C@H](/C(C)=C/[C@@H]3CC[C@@H](OCC(=O)N(C)Cc4ccccc4)[C@H](OC)C3)[C@H](C)[C@@H](O)CC1=O)[C@H](C)C[C@@H]2OC. The molecule has 2 amide bonds. The van der Waals surface area contributed by atoms with Crippen molar-refractivity contribution in [1.82, 2.24) is 9.80 Å². The highest BCUT2D eigenvalue weighted by atomic mass is 16.7. The smallest absolute Gasteiger partial charge is 0.329 e. The third-order valence-corrected chi connectivity index (χ3v) is 15.0. The van der Waals surface area contributed by atoms with E-state index >= 15 is 0 Å². The first-order valence-electron chi connectivity index (χ1n) is 24.9. The van der Waals surface area contributed by atoms with E-state index in [-0.39, 0.29) is 68.1 Å². The molecule has 1 aromatic carbocycles. The van der Waals surface area contributed by atoms with Gasteiger partial charge in [-0.25, -0.2) is 4.79 Å². The number of hydrogen-bond donors (Lipinski definition) is 2. The Bertz CT molecular complexity index is 1920. The lowest BCUT2D eigenvalue weighted by Gasteiger charge is -2.47. The van der Waals surface area contributed by atoms with Crippen molar-refractivity contribution in [2.24, 2.45) is 29.6 Å². The Morgan fingerprint density at radius 2 is 1.59 bits per heavy atom. The quantitative estimate of drug-likeness (QED) is 0.146. The van der Waals surface area contributed by atoms with Crippen molar-refractivity contribution in [2.45, 2.75) is 173 Å². The number of rotatable bonds is 11. The number of hydrogen-bond acceptors (Lipinski definition) is 13. The molecule has 1 aromatic rings. The highest BCUT2D eigenvalue weighted by Gasteiger charge is 2.56. The van der Waals surface area contributed by atoms with Crippen LogP contribution in [0.1, 0.15) is 118 Å². The van der Waals surface area contributed by atoms with E-state index in [0.717, 1.165) is 11.1 Å². The molecule has 2 saturated heterocycles. The summed E-state index contributed by atoms with van der Waals surface area (Å²) in [6.07, 6.45) is 3.84. The number of carbonyl (C=O) groups is 5. The van der Waals surface area contributed by atoms with Crippen LogP contribution in [-0.2, 0) is 58.9 Å². The van der Waals surface area contributed by atoms with Gasteiger partial charge in [-0.1, -0.05) is 75.8 Å². The second kappa shape index (κ2) is 25.3. The van der Waals surface area contributed by atoms with Gasteiger partial charge >= 0.3 is 5.97 Å². The molecule has 5 rings (SSSR count). The van der Waals surface area contributed by atoms with Gasteiger partial charge in [-0.3, -0.25) is 19.2 Å². The predicted molar refractivity (Wildman–Crippen MR) is 255 cm³/mol. The van der Waals surface area contributed by atoms with Crippen LogP contribution in [0.4, 0.5) is 0 Å². The monoisotopic (exact) mass is 953 g/mol. The van der Waals surface area contributed by atoms with Gasteiger partial charge < -0.3 is 48.4 Å². The van der Waals surface area contributed by atoms with Crippen molar-refractivity contribution in [3.8, 4) is 0 Å². The first-order valence-corrected chi connectivity index (χ1v) is 24.9. The number of esters is 1. The van der Waals surface area contributed by atoms with Gasteiger partial charge in [-0.2, -0.15) is 0 Å². The summed E-state index contributed by atoms with van der Waals surface area (Å²) in [6.45, 7) is 11.6. The number of piperidine rings is 1. The molecule has 3 fully saturated rings. The van der Waals surface area contributed by atoms with E-state index in [1.807, 2.05) is 63.3 Å². The molecule has 3 aliphatic heterocycles. The van der Waals surface area contributed by atoms with Crippen LogP contribution in [0.5, 0.6) is 0 Å². The predicted octanol–water partition coefficient (Wildman–Crippen LogP) is 6.16. The maximum atomic E-state index is 14.5. The van der Waals surface area contributed by atoms with E-state index in [0.29, 0.717) is 63.5 Å². The molecule has 1 saturated carbocycles. The fourth-order valence-corrected chi connectivity index (χ4v) is 10.8. The third kappa shape index (κ3) is 13.7. The Morgan fingerprint density at radius 3 is 2.25 bits per heavy atom. The molecule has 0 unspecified atom stereocenters. The molecule has 0 aromatic heterocycles. The molecule has 2 bridgehead atoms. The number of nitrogens with zero attached hydrogens (tertiary/aromatic N) is 2. The zero-order chi connectivity index (χ0) is 49.9. The van der Waals surface area contributed by atoms with Gasteiger partial charge in [0.05, 0.1) is 30.5 Å². The number of ketones is 2. The van der Waals surface area contributed by atoms with Crippen LogP contribution in [-0.4, -0.2) is 145 Å². The Morgan fingerprint density at radius 1 is 0.912 bits per heavy atom. The van der Waals surface area contributed by atoms with Gasteiger partial charge in [0.25, 0.3) is 11.7 Å². The first kappa shape index (κ1) is 55.1. The second-order valence-corrected chi connectivity index (χ2v) is 20.2. The fourth-order valence-electron chi connectivity index (χ4n) is 10.8. The number of ether oxygens (including phenoxy) is 6. The number of Topliss-reactive ketones (excluding diaryl/α,β-unsaturated/α-hetero) is 2. The maximum Gasteiger partial charge on any atom is 0.329 e. The first-order chi connectivity index (χ1) is 32.3. The topological polar surface area (TPSA) is 188 Å².